The molecule has 0 spiro atoms. The van der Waals surface area contributed by atoms with Crippen molar-refractivity contribution in [3.63, 3.8) is 0 Å². The lowest BCUT2D eigenvalue weighted by Gasteiger charge is -2.56. The van der Waals surface area contributed by atoms with Crippen molar-refractivity contribution in [3.05, 3.63) is 66.2 Å². The molecule has 10 nitrogen and oxygen atoms in total. The van der Waals surface area contributed by atoms with Crippen LogP contribution in [0.3, 0.4) is 0 Å². The second-order valence-corrected chi connectivity index (χ2v) is 13.3. The van der Waals surface area contributed by atoms with Gasteiger partial charge in [-0.25, -0.2) is 14.5 Å². The van der Waals surface area contributed by atoms with E-state index < -0.39 is 0 Å². The van der Waals surface area contributed by atoms with Crippen LogP contribution in [0.1, 0.15) is 56.1 Å². The number of ether oxygens (including phenoxy) is 2. The van der Waals surface area contributed by atoms with Crippen molar-refractivity contribution in [2.24, 2.45) is 5.92 Å². The second kappa shape index (κ2) is 11.6. The number of methoxy groups -OCH3 is 1. The maximum Gasteiger partial charge on any atom is 0.212 e. The van der Waals surface area contributed by atoms with E-state index in [1.807, 2.05) is 30.7 Å². The summed E-state index contributed by atoms with van der Waals surface area (Å²) in [6, 6.07) is 14.6. The van der Waals surface area contributed by atoms with Crippen LogP contribution >= 0.6 is 0 Å². The quantitative estimate of drug-likeness (QED) is 0.292. The Balaban J connectivity index is 0.962. The Morgan fingerprint density at radius 1 is 0.956 bits per heavy atom. The Kier molecular flexibility index (Phi) is 7.31. The van der Waals surface area contributed by atoms with Crippen LogP contribution in [0.5, 0.6) is 11.6 Å². The van der Waals surface area contributed by atoms with Crippen LogP contribution in [0.2, 0.25) is 0 Å². The number of nitrogens with zero attached hydrogens (tertiary/aromatic N) is 7. The first-order valence-electron chi connectivity index (χ1n) is 16.3. The number of aliphatic hydroxyl groups excluding tert-OH is 1. The molecule has 4 aliphatic heterocycles. The number of hydrogen-bond acceptors (Lipinski definition) is 9. The minimum absolute atomic E-state index is 0.167. The van der Waals surface area contributed by atoms with E-state index in [2.05, 4.69) is 44.2 Å². The number of fused-ring (bicyclic) bond motifs is 5. The van der Waals surface area contributed by atoms with Gasteiger partial charge >= 0.3 is 0 Å². The molecule has 4 aromatic rings. The lowest BCUT2D eigenvalue weighted by Crippen LogP contribution is -2.61. The predicted octanol–water partition coefficient (Wildman–Crippen LogP) is 4.64. The molecule has 0 radical (unpaired) electrons. The number of anilines is 1. The van der Waals surface area contributed by atoms with Gasteiger partial charge in [-0.05, 0) is 81.0 Å². The maximum absolute atomic E-state index is 10.1. The summed E-state index contributed by atoms with van der Waals surface area (Å²) in [5, 5.41) is 24.4. The third-order valence-corrected chi connectivity index (χ3v) is 10.6. The fraction of sp³-hybridized carbons (Fsp3) is 0.486. The lowest BCUT2D eigenvalue weighted by molar-refractivity contribution is 0.0287. The number of rotatable bonds is 9. The second-order valence-electron chi connectivity index (χ2n) is 13.3. The van der Waals surface area contributed by atoms with Gasteiger partial charge in [0.2, 0.25) is 5.88 Å². The summed E-state index contributed by atoms with van der Waals surface area (Å²) in [7, 11) is 1.65. The monoisotopic (exact) mass is 605 g/mol. The van der Waals surface area contributed by atoms with E-state index in [9.17, 15) is 10.4 Å². The van der Waals surface area contributed by atoms with Crippen LogP contribution < -0.4 is 14.4 Å². The van der Waals surface area contributed by atoms with Crippen LogP contribution in [0.15, 0.2) is 55.1 Å². The molecule has 1 N–H and O–H groups in total. The molecule has 5 aliphatic rings. The molecule has 232 valence electrons. The highest BCUT2D eigenvalue weighted by Crippen LogP contribution is 2.45. The number of hydrogen-bond donors (Lipinski definition) is 1. The van der Waals surface area contributed by atoms with E-state index in [-0.39, 0.29) is 6.10 Å². The van der Waals surface area contributed by atoms with Gasteiger partial charge < -0.3 is 19.5 Å². The van der Waals surface area contributed by atoms with Gasteiger partial charge in [-0.1, -0.05) is 6.07 Å². The molecule has 5 fully saturated rings. The van der Waals surface area contributed by atoms with E-state index in [4.69, 9.17) is 14.5 Å². The molecule has 4 aromatic heterocycles. The number of aliphatic hydroxyl groups is 1. The summed E-state index contributed by atoms with van der Waals surface area (Å²) in [6.45, 7) is 1.40. The molecule has 0 amide bonds. The lowest BCUT2D eigenvalue weighted by atomic mass is 9.72. The zero-order chi connectivity index (χ0) is 30.5. The first kappa shape index (κ1) is 28.3. The minimum Gasteiger partial charge on any atom is -0.491 e. The van der Waals surface area contributed by atoms with Crippen molar-refractivity contribution in [2.75, 3.05) is 25.2 Å². The normalized spacial score (nSPS) is 27.3. The summed E-state index contributed by atoms with van der Waals surface area (Å²) < 4.78 is 13.2. The number of nitriles is 1. The van der Waals surface area contributed by atoms with Crippen molar-refractivity contribution in [2.45, 2.75) is 81.6 Å². The SMILES string of the molecule is COc1ccc(CC2CC3CC(C2)N3c2ccc(-c3cc(OCCN4[C@@H]5CC[C@H]4C[C@@H](O)C5)cn4ncc(C#N)c34)cn2)cn1. The van der Waals surface area contributed by atoms with Crippen LogP contribution in [-0.4, -0.2) is 80.1 Å². The van der Waals surface area contributed by atoms with Crippen molar-refractivity contribution >= 4 is 11.3 Å². The number of piperidine rings is 2. The zero-order valence-corrected chi connectivity index (χ0v) is 25.6. The molecule has 5 atom stereocenters. The van der Waals surface area contributed by atoms with Gasteiger partial charge in [0.25, 0.3) is 0 Å². The van der Waals surface area contributed by atoms with E-state index >= 15 is 0 Å². The summed E-state index contributed by atoms with van der Waals surface area (Å²) in [6.07, 6.45) is 15.8. The third-order valence-electron chi connectivity index (χ3n) is 10.6. The van der Waals surface area contributed by atoms with Crippen molar-refractivity contribution in [1.29, 1.82) is 5.26 Å². The van der Waals surface area contributed by atoms with E-state index in [0.29, 0.717) is 53.9 Å². The smallest absolute Gasteiger partial charge is 0.212 e. The van der Waals surface area contributed by atoms with Crippen molar-refractivity contribution < 1.29 is 14.6 Å². The Hall–Kier alpha value is -4.20. The molecule has 4 saturated heterocycles. The fourth-order valence-electron chi connectivity index (χ4n) is 8.57. The molecule has 10 heteroatoms. The van der Waals surface area contributed by atoms with Gasteiger partial charge in [0, 0.05) is 60.3 Å². The molecule has 4 bridgehead atoms. The molecular weight excluding hydrogens is 566 g/mol. The summed E-state index contributed by atoms with van der Waals surface area (Å²) >= 11 is 0. The van der Waals surface area contributed by atoms with Gasteiger partial charge in [-0.2, -0.15) is 10.4 Å². The van der Waals surface area contributed by atoms with Crippen molar-refractivity contribution in [1.82, 2.24) is 24.5 Å². The Bertz CT molecular complexity index is 1690. The number of aromatic nitrogens is 4. The standard InChI is InChI=1S/C35H39N7O3/c1-44-34-7-2-22(18-38-34)10-23-11-28-13-29(12-23)42(28)33-6-3-24(19-37-33)32-16-31(21-41-35(32)25(17-36)20-39-41)45-9-8-40-26-4-5-27(40)15-30(43)14-26/h2-3,6-7,16,18-21,23,26-30,43H,4-5,8-15H2,1H3/t23?,26-,27+,28?,29?,30+. The summed E-state index contributed by atoms with van der Waals surface area (Å²) in [5.41, 5.74) is 4.38. The van der Waals surface area contributed by atoms with Crippen LogP contribution in [0, 0.1) is 17.2 Å². The molecule has 8 heterocycles. The number of pyridine rings is 3. The predicted molar refractivity (Wildman–Crippen MR) is 169 cm³/mol. The highest BCUT2D eigenvalue weighted by Gasteiger charge is 2.45. The largest absolute Gasteiger partial charge is 0.491 e. The molecule has 9 rings (SSSR count). The molecule has 0 aromatic carbocycles. The highest BCUT2D eigenvalue weighted by molar-refractivity contribution is 5.85. The average Bonchev–Trinajstić information content (AvgIpc) is 3.58. The Morgan fingerprint density at radius 3 is 2.47 bits per heavy atom. The average molecular weight is 606 g/mol. The minimum atomic E-state index is -0.167. The van der Waals surface area contributed by atoms with Gasteiger partial charge in [-0.15, -0.1) is 0 Å². The Morgan fingerprint density at radius 2 is 1.78 bits per heavy atom. The highest BCUT2D eigenvalue weighted by atomic mass is 16.5. The molecular formula is C35H39N7O3. The summed E-state index contributed by atoms with van der Waals surface area (Å²) in [5.74, 6) is 3.04. The first-order chi connectivity index (χ1) is 22.1. The zero-order valence-electron chi connectivity index (χ0n) is 25.6. The first-order valence-corrected chi connectivity index (χ1v) is 16.3. The van der Waals surface area contributed by atoms with Crippen LogP contribution in [0.25, 0.3) is 16.6 Å². The molecule has 1 saturated carbocycles. The van der Waals surface area contributed by atoms with Gasteiger partial charge in [0.15, 0.2) is 0 Å². The van der Waals surface area contributed by atoms with E-state index in [1.165, 1.54) is 12.0 Å². The van der Waals surface area contributed by atoms with Gasteiger partial charge in [0.05, 0.1) is 36.7 Å². The van der Waals surface area contributed by atoms with Crippen molar-refractivity contribution in [3.8, 4) is 28.8 Å². The van der Waals surface area contributed by atoms with E-state index in [1.54, 1.807) is 17.8 Å². The van der Waals surface area contributed by atoms with E-state index in [0.717, 1.165) is 74.0 Å². The molecule has 2 unspecified atom stereocenters. The van der Waals surface area contributed by atoms with Crippen LogP contribution in [0.4, 0.5) is 5.82 Å². The van der Waals surface area contributed by atoms with Crippen LogP contribution in [-0.2, 0) is 6.42 Å². The fourth-order valence-corrected chi connectivity index (χ4v) is 8.57. The third kappa shape index (κ3) is 5.28. The topological polar surface area (TPSA) is 112 Å². The Labute approximate surface area is 263 Å². The van der Waals surface area contributed by atoms with Gasteiger partial charge in [0.1, 0.15) is 24.2 Å². The molecule has 1 aliphatic carbocycles. The molecule has 45 heavy (non-hydrogen) atoms. The summed E-state index contributed by atoms with van der Waals surface area (Å²) in [4.78, 5) is 14.3. The maximum atomic E-state index is 10.1. The van der Waals surface area contributed by atoms with Gasteiger partial charge in [-0.3, -0.25) is 4.90 Å².